The van der Waals surface area contributed by atoms with E-state index in [0.29, 0.717) is 17.7 Å². The number of benzene rings is 1. The Morgan fingerprint density at radius 3 is 2.57 bits per heavy atom. The fourth-order valence-electron chi connectivity index (χ4n) is 0.746. The van der Waals surface area contributed by atoms with Gasteiger partial charge in [-0.25, -0.2) is 5.01 Å². The van der Waals surface area contributed by atoms with E-state index in [-0.39, 0.29) is 0 Å². The maximum Gasteiger partial charge on any atom is 0.230 e. The number of carbonyl (C=O) groups excluding carboxylic acids is 1. The first-order valence-corrected chi connectivity index (χ1v) is 3.86. The summed E-state index contributed by atoms with van der Waals surface area (Å²) in [5, 5.41) is 16.9. The lowest BCUT2D eigenvalue weighted by molar-refractivity contribution is -0.117. The maximum absolute atomic E-state index is 10.2. The zero-order valence-electron chi connectivity index (χ0n) is 7.58. The first kappa shape index (κ1) is 9.86. The van der Waals surface area contributed by atoms with Crippen LogP contribution in [0.15, 0.2) is 34.6 Å². The molecule has 0 aliphatic rings. The van der Waals surface area contributed by atoms with E-state index in [2.05, 4.69) is 10.3 Å². The molecule has 14 heavy (non-hydrogen) atoms. The van der Waals surface area contributed by atoms with Crippen molar-refractivity contribution in [1.29, 1.82) is 5.26 Å². The molecule has 0 fully saturated rings. The van der Waals surface area contributed by atoms with Gasteiger partial charge in [-0.05, 0) is 24.3 Å². The molecule has 0 saturated carbocycles. The molecule has 1 rings (SSSR count). The lowest BCUT2D eigenvalue weighted by Crippen LogP contribution is -2.04. The van der Waals surface area contributed by atoms with Gasteiger partial charge < -0.3 is 0 Å². The minimum absolute atomic E-state index is 0.549. The minimum atomic E-state index is 0.549. The summed E-state index contributed by atoms with van der Waals surface area (Å²) in [6.45, 7) is 0. The second kappa shape index (κ2) is 4.72. The van der Waals surface area contributed by atoms with Crippen LogP contribution in [0.25, 0.3) is 0 Å². The molecule has 0 N–H and O–H groups in total. The Morgan fingerprint density at radius 2 is 2.07 bits per heavy atom. The summed E-state index contributed by atoms with van der Waals surface area (Å²) in [5.74, 6) is 0. The van der Waals surface area contributed by atoms with Gasteiger partial charge in [0.1, 0.15) is 0 Å². The van der Waals surface area contributed by atoms with Crippen molar-refractivity contribution in [3.63, 3.8) is 0 Å². The molecule has 0 radical (unpaired) electrons. The van der Waals surface area contributed by atoms with E-state index in [9.17, 15) is 4.79 Å². The fourth-order valence-corrected chi connectivity index (χ4v) is 0.746. The van der Waals surface area contributed by atoms with Gasteiger partial charge in [0.15, 0.2) is 0 Å². The van der Waals surface area contributed by atoms with Crippen LogP contribution in [0.4, 0.5) is 5.69 Å². The van der Waals surface area contributed by atoms with Gasteiger partial charge >= 0.3 is 0 Å². The molecule has 1 amide bonds. The average Bonchev–Trinajstić information content (AvgIpc) is 2.26. The summed E-state index contributed by atoms with van der Waals surface area (Å²) in [6, 6.07) is 8.57. The molecule has 0 saturated heterocycles. The zero-order valence-corrected chi connectivity index (χ0v) is 7.58. The van der Waals surface area contributed by atoms with Gasteiger partial charge in [-0.2, -0.15) is 5.26 Å². The predicted molar refractivity (Wildman–Crippen MR) is 49.5 cm³/mol. The second-order valence-electron chi connectivity index (χ2n) is 2.53. The Balaban J connectivity index is 2.74. The van der Waals surface area contributed by atoms with Crippen LogP contribution >= 0.6 is 0 Å². The standard InChI is InChI=1S/C9H8N4O/c1-13(7-14)12-11-9-4-2-8(6-10)3-5-9/h2-5,7H,1H3. The Hall–Kier alpha value is -2.22. The zero-order chi connectivity index (χ0) is 10.4. The van der Waals surface area contributed by atoms with E-state index < -0.39 is 0 Å². The Kier molecular flexibility index (Phi) is 3.33. The van der Waals surface area contributed by atoms with E-state index in [1.165, 1.54) is 7.05 Å². The number of hydrogen-bond acceptors (Lipinski definition) is 4. The highest BCUT2D eigenvalue weighted by atomic mass is 16.1. The van der Waals surface area contributed by atoms with Crippen LogP contribution in [-0.2, 0) is 4.79 Å². The summed E-state index contributed by atoms with van der Waals surface area (Å²) >= 11 is 0. The number of nitrogens with zero attached hydrogens (tertiary/aromatic N) is 4. The number of amides is 1. The normalized spacial score (nSPS) is 9.71. The molecule has 5 nitrogen and oxygen atoms in total. The van der Waals surface area contributed by atoms with Crippen molar-refractivity contribution in [3.05, 3.63) is 29.8 Å². The fraction of sp³-hybridized carbons (Fsp3) is 0.111. The van der Waals surface area contributed by atoms with Crippen LogP contribution in [0.2, 0.25) is 0 Å². The second-order valence-corrected chi connectivity index (χ2v) is 2.53. The Labute approximate surface area is 81.3 Å². The average molecular weight is 188 g/mol. The highest BCUT2D eigenvalue weighted by Crippen LogP contribution is 2.12. The number of rotatable bonds is 3. The topological polar surface area (TPSA) is 68.8 Å². The van der Waals surface area contributed by atoms with Crippen molar-refractivity contribution in [2.45, 2.75) is 0 Å². The monoisotopic (exact) mass is 188 g/mol. The third-order valence-corrected chi connectivity index (χ3v) is 1.45. The molecule has 0 spiro atoms. The molecule has 0 bridgehead atoms. The van der Waals surface area contributed by atoms with Gasteiger partial charge in [-0.15, -0.1) is 5.11 Å². The first-order valence-electron chi connectivity index (χ1n) is 3.86. The van der Waals surface area contributed by atoms with Gasteiger partial charge in [0.25, 0.3) is 0 Å². The number of hydrogen-bond donors (Lipinski definition) is 0. The Morgan fingerprint density at radius 1 is 1.43 bits per heavy atom. The molecule has 0 atom stereocenters. The van der Waals surface area contributed by atoms with Crippen LogP contribution in [-0.4, -0.2) is 18.5 Å². The molecule has 0 unspecified atom stereocenters. The Bertz CT molecular complexity index is 377. The van der Waals surface area contributed by atoms with E-state index in [0.717, 1.165) is 5.01 Å². The minimum Gasteiger partial charge on any atom is -0.277 e. The van der Waals surface area contributed by atoms with Gasteiger partial charge in [0.2, 0.25) is 6.41 Å². The lowest BCUT2D eigenvalue weighted by atomic mass is 10.2. The summed E-state index contributed by atoms with van der Waals surface area (Å²) in [7, 11) is 1.49. The summed E-state index contributed by atoms with van der Waals surface area (Å²) in [5.41, 5.74) is 1.16. The molecular weight excluding hydrogens is 180 g/mol. The number of carbonyl (C=O) groups is 1. The molecule has 0 aliphatic carbocycles. The first-order chi connectivity index (χ1) is 6.76. The van der Waals surface area contributed by atoms with E-state index >= 15 is 0 Å². The van der Waals surface area contributed by atoms with Crippen molar-refractivity contribution >= 4 is 12.1 Å². The third-order valence-electron chi connectivity index (χ3n) is 1.45. The summed E-state index contributed by atoms with van der Waals surface area (Å²) < 4.78 is 0. The predicted octanol–water partition coefficient (Wildman–Crippen LogP) is 1.65. The SMILES string of the molecule is CN(C=O)N=Nc1ccc(C#N)cc1. The van der Waals surface area contributed by atoms with Gasteiger partial charge in [0, 0.05) is 7.05 Å². The van der Waals surface area contributed by atoms with E-state index in [4.69, 9.17) is 5.26 Å². The van der Waals surface area contributed by atoms with Crippen LogP contribution in [0, 0.1) is 11.3 Å². The van der Waals surface area contributed by atoms with Crippen molar-refractivity contribution in [1.82, 2.24) is 5.01 Å². The van der Waals surface area contributed by atoms with Crippen LogP contribution in [0.5, 0.6) is 0 Å². The summed E-state index contributed by atoms with van der Waals surface area (Å²) in [4.78, 5) is 10.2. The quantitative estimate of drug-likeness (QED) is 0.411. The van der Waals surface area contributed by atoms with Crippen LogP contribution in [0.3, 0.4) is 0 Å². The lowest BCUT2D eigenvalue weighted by Gasteiger charge is -1.98. The van der Waals surface area contributed by atoms with E-state index in [1.807, 2.05) is 6.07 Å². The maximum atomic E-state index is 10.2. The molecule has 0 aromatic heterocycles. The van der Waals surface area contributed by atoms with E-state index in [1.54, 1.807) is 24.3 Å². The molecule has 70 valence electrons. The van der Waals surface area contributed by atoms with Crippen LogP contribution < -0.4 is 0 Å². The molecule has 0 aliphatic heterocycles. The van der Waals surface area contributed by atoms with Crippen molar-refractivity contribution in [3.8, 4) is 6.07 Å². The molecule has 0 heterocycles. The van der Waals surface area contributed by atoms with Crippen molar-refractivity contribution < 1.29 is 4.79 Å². The third kappa shape index (κ3) is 2.68. The highest BCUT2D eigenvalue weighted by molar-refractivity contribution is 5.46. The summed E-state index contributed by atoms with van der Waals surface area (Å²) in [6.07, 6.45) is 0.549. The number of nitriles is 1. The van der Waals surface area contributed by atoms with Crippen LogP contribution in [0.1, 0.15) is 5.56 Å². The largest absolute Gasteiger partial charge is 0.277 e. The molecule has 5 heteroatoms. The van der Waals surface area contributed by atoms with Gasteiger partial charge in [-0.1, -0.05) is 5.22 Å². The van der Waals surface area contributed by atoms with Crippen molar-refractivity contribution in [2.75, 3.05) is 7.05 Å². The van der Waals surface area contributed by atoms with Crippen molar-refractivity contribution in [2.24, 2.45) is 10.3 Å². The molecular formula is C9H8N4O. The smallest absolute Gasteiger partial charge is 0.230 e. The molecule has 1 aromatic carbocycles. The molecule has 1 aromatic rings. The highest BCUT2D eigenvalue weighted by Gasteiger charge is 1.91. The van der Waals surface area contributed by atoms with Gasteiger partial charge in [0.05, 0.1) is 17.3 Å². The van der Waals surface area contributed by atoms with Gasteiger partial charge in [-0.3, -0.25) is 4.79 Å².